The molecule has 0 bridgehead atoms. The number of nitrogens with one attached hydrogen (secondary N) is 1. The number of ether oxygens (including phenoxy) is 1. The van der Waals surface area contributed by atoms with Crippen LogP contribution in [0.5, 0.6) is 5.75 Å². The summed E-state index contributed by atoms with van der Waals surface area (Å²) in [5.41, 5.74) is 0.719. The second-order valence-electron chi connectivity index (χ2n) is 6.60. The number of piperidine rings is 1. The summed E-state index contributed by atoms with van der Waals surface area (Å²) >= 11 is 2.20. The lowest BCUT2D eigenvalue weighted by molar-refractivity contribution is -0.120. The van der Waals surface area contributed by atoms with E-state index in [0.717, 1.165) is 9.26 Å². The van der Waals surface area contributed by atoms with Crippen molar-refractivity contribution in [1.82, 2.24) is 4.31 Å². The van der Waals surface area contributed by atoms with Gasteiger partial charge in [0.1, 0.15) is 5.75 Å². The second kappa shape index (κ2) is 9.23. The van der Waals surface area contributed by atoms with Crippen molar-refractivity contribution >= 4 is 44.2 Å². The topological polar surface area (TPSA) is 75.7 Å². The van der Waals surface area contributed by atoms with Crippen molar-refractivity contribution in [3.63, 3.8) is 0 Å². The number of carbonyl (C=O) groups is 1. The number of hydrogen-bond acceptors (Lipinski definition) is 4. The minimum Gasteiger partial charge on any atom is -0.494 e. The first-order valence-electron chi connectivity index (χ1n) is 9.19. The molecule has 1 fully saturated rings. The van der Waals surface area contributed by atoms with Crippen molar-refractivity contribution in [2.24, 2.45) is 5.92 Å². The molecule has 1 N–H and O–H groups in total. The molecule has 1 saturated heterocycles. The molecule has 0 saturated carbocycles. The summed E-state index contributed by atoms with van der Waals surface area (Å²) < 4.78 is 33.8. The number of benzene rings is 2. The van der Waals surface area contributed by atoms with E-state index in [0.29, 0.717) is 31.7 Å². The Balaban J connectivity index is 1.69. The number of carbonyl (C=O) groups excluding carboxylic acids is 1. The van der Waals surface area contributed by atoms with Crippen LogP contribution in [0.2, 0.25) is 0 Å². The molecule has 1 aliphatic heterocycles. The highest BCUT2D eigenvalue weighted by Crippen LogP contribution is 2.26. The summed E-state index contributed by atoms with van der Waals surface area (Å²) in [7, 11) is -3.64. The number of hydrogen-bond donors (Lipinski definition) is 1. The molecule has 8 heteroatoms. The smallest absolute Gasteiger partial charge is 0.243 e. The SMILES string of the molecule is CCOc1ccc(S(=O)(=O)N2CCC[C@H](C(=O)Nc3ccc(I)cc3)C2)cc1. The van der Waals surface area contributed by atoms with Gasteiger partial charge in [-0.1, -0.05) is 0 Å². The lowest BCUT2D eigenvalue weighted by Crippen LogP contribution is -2.43. The van der Waals surface area contributed by atoms with Crippen LogP contribution in [0.25, 0.3) is 0 Å². The highest BCUT2D eigenvalue weighted by atomic mass is 127. The number of sulfonamides is 1. The molecule has 3 rings (SSSR count). The summed E-state index contributed by atoms with van der Waals surface area (Å²) in [6.45, 7) is 3.00. The molecule has 1 atom stereocenters. The van der Waals surface area contributed by atoms with Crippen LogP contribution in [0, 0.1) is 9.49 Å². The van der Waals surface area contributed by atoms with Gasteiger partial charge in [-0.25, -0.2) is 8.42 Å². The van der Waals surface area contributed by atoms with E-state index < -0.39 is 10.0 Å². The number of amides is 1. The third-order valence-electron chi connectivity index (χ3n) is 4.64. The molecule has 1 amide bonds. The maximum Gasteiger partial charge on any atom is 0.243 e. The lowest BCUT2D eigenvalue weighted by atomic mass is 9.99. The van der Waals surface area contributed by atoms with Gasteiger partial charge in [-0.05, 0) is 90.9 Å². The molecule has 0 spiro atoms. The monoisotopic (exact) mass is 514 g/mol. The minimum atomic E-state index is -3.64. The molecule has 0 aromatic heterocycles. The first-order chi connectivity index (χ1) is 13.4. The van der Waals surface area contributed by atoms with E-state index in [1.165, 1.54) is 4.31 Å². The van der Waals surface area contributed by atoms with Gasteiger partial charge in [-0.15, -0.1) is 0 Å². The quantitative estimate of drug-likeness (QED) is 0.597. The lowest BCUT2D eigenvalue weighted by Gasteiger charge is -2.31. The predicted octanol–water partition coefficient (Wildman–Crippen LogP) is 3.73. The van der Waals surface area contributed by atoms with Crippen LogP contribution in [-0.2, 0) is 14.8 Å². The predicted molar refractivity (Wildman–Crippen MR) is 117 cm³/mol. The molecule has 2 aromatic rings. The molecule has 6 nitrogen and oxygen atoms in total. The van der Waals surface area contributed by atoms with Crippen LogP contribution in [0.15, 0.2) is 53.4 Å². The van der Waals surface area contributed by atoms with Crippen LogP contribution < -0.4 is 10.1 Å². The van der Waals surface area contributed by atoms with Crippen LogP contribution >= 0.6 is 22.6 Å². The minimum absolute atomic E-state index is 0.146. The number of rotatable bonds is 6. The Hall–Kier alpha value is -1.65. The van der Waals surface area contributed by atoms with Gasteiger partial charge in [0.25, 0.3) is 0 Å². The fraction of sp³-hybridized carbons (Fsp3) is 0.350. The average molecular weight is 514 g/mol. The van der Waals surface area contributed by atoms with E-state index in [1.807, 2.05) is 31.2 Å². The Kier molecular flexibility index (Phi) is 6.95. The largest absolute Gasteiger partial charge is 0.494 e. The van der Waals surface area contributed by atoms with Gasteiger partial charge in [0.05, 0.1) is 17.4 Å². The Labute approximate surface area is 179 Å². The Morgan fingerprint density at radius 3 is 2.50 bits per heavy atom. The van der Waals surface area contributed by atoms with Gasteiger partial charge >= 0.3 is 0 Å². The van der Waals surface area contributed by atoms with E-state index in [4.69, 9.17) is 4.74 Å². The third kappa shape index (κ3) is 5.03. The standard InChI is InChI=1S/C20H23IN2O4S/c1-2-27-18-9-11-19(12-10-18)28(25,26)23-13-3-4-15(14-23)20(24)22-17-7-5-16(21)6-8-17/h5-12,15H,2-4,13-14H2,1H3,(H,22,24)/t15-/m0/s1. The van der Waals surface area contributed by atoms with Gasteiger partial charge in [-0.3, -0.25) is 4.79 Å². The van der Waals surface area contributed by atoms with Crippen LogP contribution in [0.1, 0.15) is 19.8 Å². The van der Waals surface area contributed by atoms with Gasteiger partial charge < -0.3 is 10.1 Å². The van der Waals surface area contributed by atoms with Crippen molar-refractivity contribution < 1.29 is 17.9 Å². The Bertz CT molecular complexity index is 914. The molecule has 2 aromatic carbocycles. The first-order valence-corrected chi connectivity index (χ1v) is 11.7. The Morgan fingerprint density at radius 2 is 1.86 bits per heavy atom. The number of halogens is 1. The van der Waals surface area contributed by atoms with Crippen LogP contribution in [0.4, 0.5) is 5.69 Å². The molecule has 150 valence electrons. The van der Waals surface area contributed by atoms with E-state index in [1.54, 1.807) is 24.3 Å². The molecular formula is C20H23IN2O4S. The second-order valence-corrected chi connectivity index (χ2v) is 9.79. The molecular weight excluding hydrogens is 491 g/mol. The van der Waals surface area contributed by atoms with Crippen molar-refractivity contribution in [2.45, 2.75) is 24.7 Å². The molecule has 1 heterocycles. The summed E-state index contributed by atoms with van der Waals surface area (Å²) in [6.07, 6.45) is 1.33. The number of anilines is 1. The van der Waals surface area contributed by atoms with E-state index in [9.17, 15) is 13.2 Å². The fourth-order valence-electron chi connectivity index (χ4n) is 3.18. The fourth-order valence-corrected chi connectivity index (χ4v) is 5.06. The van der Waals surface area contributed by atoms with E-state index in [2.05, 4.69) is 27.9 Å². The summed E-state index contributed by atoms with van der Waals surface area (Å²) in [6, 6.07) is 13.9. The average Bonchev–Trinajstić information content (AvgIpc) is 2.70. The molecule has 28 heavy (non-hydrogen) atoms. The molecule has 0 aliphatic carbocycles. The van der Waals surface area contributed by atoms with Crippen molar-refractivity contribution in [2.75, 3.05) is 25.0 Å². The molecule has 0 unspecified atom stereocenters. The first kappa shape index (κ1) is 21.1. The van der Waals surface area contributed by atoms with Crippen molar-refractivity contribution in [3.8, 4) is 5.75 Å². The highest BCUT2D eigenvalue weighted by molar-refractivity contribution is 14.1. The summed E-state index contributed by atoms with van der Waals surface area (Å²) in [4.78, 5) is 12.8. The number of nitrogens with zero attached hydrogens (tertiary/aromatic N) is 1. The van der Waals surface area contributed by atoms with E-state index in [-0.39, 0.29) is 23.3 Å². The van der Waals surface area contributed by atoms with Crippen LogP contribution in [0.3, 0.4) is 0 Å². The maximum atomic E-state index is 13.0. The maximum absolute atomic E-state index is 13.0. The zero-order chi connectivity index (χ0) is 20.1. The zero-order valence-corrected chi connectivity index (χ0v) is 18.6. The van der Waals surface area contributed by atoms with Gasteiger partial charge in [0.15, 0.2) is 0 Å². The van der Waals surface area contributed by atoms with Gasteiger partial charge in [-0.2, -0.15) is 4.31 Å². The van der Waals surface area contributed by atoms with Crippen molar-refractivity contribution in [1.29, 1.82) is 0 Å². The highest BCUT2D eigenvalue weighted by Gasteiger charge is 2.33. The summed E-state index contributed by atoms with van der Waals surface area (Å²) in [5, 5.41) is 2.89. The Morgan fingerprint density at radius 1 is 1.18 bits per heavy atom. The van der Waals surface area contributed by atoms with Gasteiger partial charge in [0.2, 0.25) is 15.9 Å². The van der Waals surface area contributed by atoms with Gasteiger partial charge in [0, 0.05) is 22.3 Å². The van der Waals surface area contributed by atoms with Crippen LogP contribution in [-0.4, -0.2) is 38.3 Å². The van der Waals surface area contributed by atoms with Crippen molar-refractivity contribution in [3.05, 3.63) is 52.1 Å². The zero-order valence-electron chi connectivity index (χ0n) is 15.6. The third-order valence-corrected chi connectivity index (χ3v) is 7.24. The summed E-state index contributed by atoms with van der Waals surface area (Å²) in [5.74, 6) is 0.119. The normalized spacial score (nSPS) is 17.9. The molecule has 1 aliphatic rings. The molecule has 0 radical (unpaired) electrons. The van der Waals surface area contributed by atoms with E-state index >= 15 is 0 Å².